The molecule has 0 bridgehead atoms. The largest absolute Gasteiger partial charge is 0.352 e. The van der Waals surface area contributed by atoms with Gasteiger partial charge in [0, 0.05) is 12.6 Å². The number of nitrogens with one attached hydrogen (secondary N) is 2. The summed E-state index contributed by atoms with van der Waals surface area (Å²) in [5, 5.41) is 18.3. The van der Waals surface area contributed by atoms with Gasteiger partial charge in [0.05, 0.1) is 0 Å². The van der Waals surface area contributed by atoms with Crippen LogP contribution in [0.15, 0.2) is 24.4 Å². The summed E-state index contributed by atoms with van der Waals surface area (Å²) in [4.78, 5) is 3.92. The highest BCUT2D eigenvalue weighted by Crippen LogP contribution is 2.02. The third kappa shape index (κ3) is 3.37. The van der Waals surface area contributed by atoms with Crippen molar-refractivity contribution in [2.45, 2.75) is 19.3 Å². The van der Waals surface area contributed by atoms with Crippen LogP contribution >= 0.6 is 0 Å². The predicted molar refractivity (Wildman–Crippen MR) is 48.5 cm³/mol. The van der Waals surface area contributed by atoms with E-state index in [-0.39, 0.29) is 6.42 Å². The van der Waals surface area contributed by atoms with E-state index < -0.39 is 5.91 Å². The minimum Gasteiger partial charge on any atom is -0.352 e. The summed E-state index contributed by atoms with van der Waals surface area (Å²) in [5.74, 6) is -1.37. The summed E-state index contributed by atoms with van der Waals surface area (Å²) in [6.07, 6.45) is 1.78. The molecule has 0 spiro atoms. The van der Waals surface area contributed by atoms with E-state index in [0.717, 1.165) is 0 Å². The van der Waals surface area contributed by atoms with Gasteiger partial charge in [0.25, 0.3) is 0 Å². The van der Waals surface area contributed by atoms with Crippen molar-refractivity contribution in [3.8, 4) is 0 Å². The van der Waals surface area contributed by atoms with Crippen LogP contribution in [0.3, 0.4) is 0 Å². The minimum atomic E-state index is -1.91. The summed E-state index contributed by atoms with van der Waals surface area (Å²) >= 11 is 0. The average molecular weight is 183 g/mol. The van der Waals surface area contributed by atoms with Crippen LogP contribution in [0.5, 0.6) is 0 Å². The van der Waals surface area contributed by atoms with E-state index in [1.807, 2.05) is 0 Å². The summed E-state index contributed by atoms with van der Waals surface area (Å²) < 4.78 is 0. The molecule has 13 heavy (non-hydrogen) atoms. The highest BCUT2D eigenvalue weighted by atomic mass is 16.5. The normalized spacial score (nSPS) is 11.3. The van der Waals surface area contributed by atoms with Gasteiger partial charge in [-0.15, -0.1) is 0 Å². The lowest BCUT2D eigenvalue weighted by atomic mass is 10.4. The smallest absolute Gasteiger partial charge is 0.239 e. The molecule has 0 amide bonds. The Balaban J connectivity index is 2.44. The molecule has 1 aromatic rings. The molecule has 0 radical (unpaired) electrons. The third-order valence-electron chi connectivity index (χ3n) is 1.55. The van der Waals surface area contributed by atoms with Crippen molar-refractivity contribution in [1.29, 1.82) is 0 Å². The first-order valence-electron chi connectivity index (χ1n) is 4.03. The Hall–Kier alpha value is -1.17. The van der Waals surface area contributed by atoms with E-state index >= 15 is 0 Å². The molecule has 0 fully saturated rings. The van der Waals surface area contributed by atoms with Gasteiger partial charge in [-0.3, -0.25) is 0 Å². The molecule has 0 unspecified atom stereocenters. The fourth-order valence-electron chi connectivity index (χ4n) is 0.689. The first-order valence-corrected chi connectivity index (χ1v) is 4.03. The predicted octanol–water partition coefficient (Wildman–Crippen LogP) is 0.0465. The van der Waals surface area contributed by atoms with Crippen LogP contribution in [-0.4, -0.2) is 21.1 Å². The molecule has 1 aromatic heterocycles. The Morgan fingerprint density at radius 2 is 2.23 bits per heavy atom. The number of hydrogen-bond donors (Lipinski definition) is 4. The fourth-order valence-corrected chi connectivity index (χ4v) is 0.689. The van der Waals surface area contributed by atoms with Crippen molar-refractivity contribution < 1.29 is 10.2 Å². The van der Waals surface area contributed by atoms with Gasteiger partial charge >= 0.3 is 0 Å². The molecule has 5 heteroatoms. The van der Waals surface area contributed by atoms with E-state index in [9.17, 15) is 0 Å². The van der Waals surface area contributed by atoms with Gasteiger partial charge in [0.1, 0.15) is 5.82 Å². The molecule has 0 saturated heterocycles. The number of aromatic nitrogens is 1. The second-order valence-electron chi connectivity index (χ2n) is 2.64. The zero-order valence-electron chi connectivity index (χ0n) is 7.36. The van der Waals surface area contributed by atoms with Crippen LogP contribution in [0.4, 0.5) is 5.82 Å². The lowest BCUT2D eigenvalue weighted by Gasteiger charge is -2.21. The highest BCUT2D eigenvalue weighted by molar-refractivity contribution is 5.31. The Bertz CT molecular complexity index is 251. The summed E-state index contributed by atoms with van der Waals surface area (Å²) in [5.41, 5.74) is 4.90. The van der Waals surface area contributed by atoms with Crippen LogP contribution < -0.4 is 10.9 Å². The fraction of sp³-hybridized carbons (Fsp3) is 0.375. The quantitative estimate of drug-likeness (QED) is 0.392. The molecule has 72 valence electrons. The Kier molecular flexibility index (Phi) is 3.18. The molecule has 0 aromatic carbocycles. The number of aliphatic hydroxyl groups is 2. The molecule has 0 aliphatic heterocycles. The van der Waals surface area contributed by atoms with Crippen LogP contribution in [0.1, 0.15) is 13.3 Å². The monoisotopic (exact) mass is 183 g/mol. The average Bonchev–Trinajstić information content (AvgIpc) is 2.17. The lowest BCUT2D eigenvalue weighted by molar-refractivity contribution is -0.182. The van der Waals surface area contributed by atoms with Crippen molar-refractivity contribution in [1.82, 2.24) is 10.4 Å². The van der Waals surface area contributed by atoms with E-state index in [1.165, 1.54) is 0 Å². The van der Waals surface area contributed by atoms with Gasteiger partial charge in [-0.1, -0.05) is 13.0 Å². The molecular formula is C8H13N3O2. The topological polar surface area (TPSA) is 77.4 Å². The van der Waals surface area contributed by atoms with E-state index in [4.69, 9.17) is 10.2 Å². The summed E-state index contributed by atoms with van der Waals surface area (Å²) in [6, 6.07) is 5.27. The van der Waals surface area contributed by atoms with Crippen LogP contribution in [0.2, 0.25) is 0 Å². The van der Waals surface area contributed by atoms with Crippen molar-refractivity contribution >= 4 is 5.82 Å². The van der Waals surface area contributed by atoms with Gasteiger partial charge in [-0.2, -0.15) is 5.43 Å². The lowest BCUT2D eigenvalue weighted by Crippen LogP contribution is -2.47. The minimum absolute atomic E-state index is 0.173. The zero-order chi connectivity index (χ0) is 9.73. The SMILES string of the molecule is CCC(O)(O)NNc1ccccn1. The number of hydrazine groups is 1. The van der Waals surface area contributed by atoms with Crippen molar-refractivity contribution in [3.63, 3.8) is 0 Å². The van der Waals surface area contributed by atoms with Crippen LogP contribution in [0.25, 0.3) is 0 Å². The first-order chi connectivity index (χ1) is 6.14. The number of rotatable bonds is 4. The van der Waals surface area contributed by atoms with Gasteiger partial charge in [-0.25, -0.2) is 4.98 Å². The Morgan fingerprint density at radius 1 is 1.46 bits per heavy atom. The standard InChI is InChI=1S/C8H13N3O2/c1-2-8(12,13)11-10-7-5-3-4-6-9-7/h3-6,11-13H,2H2,1H3,(H,9,10). The third-order valence-corrected chi connectivity index (χ3v) is 1.55. The number of hydrogen-bond acceptors (Lipinski definition) is 5. The molecule has 0 aliphatic carbocycles. The summed E-state index contributed by atoms with van der Waals surface area (Å²) in [6.45, 7) is 1.65. The number of anilines is 1. The molecule has 0 atom stereocenters. The van der Waals surface area contributed by atoms with Gasteiger partial charge in [0.15, 0.2) is 0 Å². The molecule has 4 N–H and O–H groups in total. The molecule has 0 aliphatic rings. The zero-order valence-corrected chi connectivity index (χ0v) is 7.36. The van der Waals surface area contributed by atoms with Crippen molar-refractivity contribution in [3.05, 3.63) is 24.4 Å². The maximum absolute atomic E-state index is 9.14. The van der Waals surface area contributed by atoms with Gasteiger partial charge < -0.3 is 15.6 Å². The second kappa shape index (κ2) is 4.18. The number of pyridine rings is 1. The maximum atomic E-state index is 9.14. The van der Waals surface area contributed by atoms with Crippen LogP contribution in [0, 0.1) is 0 Å². The molecule has 5 nitrogen and oxygen atoms in total. The van der Waals surface area contributed by atoms with E-state index in [1.54, 1.807) is 31.3 Å². The van der Waals surface area contributed by atoms with E-state index in [0.29, 0.717) is 5.82 Å². The first kappa shape index (κ1) is 9.91. The highest BCUT2D eigenvalue weighted by Gasteiger charge is 2.18. The number of nitrogens with zero attached hydrogens (tertiary/aromatic N) is 1. The Morgan fingerprint density at radius 3 is 2.77 bits per heavy atom. The maximum Gasteiger partial charge on any atom is 0.239 e. The molecule has 0 saturated carbocycles. The molecule has 1 heterocycles. The van der Waals surface area contributed by atoms with Crippen molar-refractivity contribution in [2.24, 2.45) is 0 Å². The second-order valence-corrected chi connectivity index (χ2v) is 2.64. The van der Waals surface area contributed by atoms with Crippen molar-refractivity contribution in [2.75, 3.05) is 5.43 Å². The van der Waals surface area contributed by atoms with Gasteiger partial charge in [-0.05, 0) is 12.1 Å². The van der Waals surface area contributed by atoms with Crippen LogP contribution in [-0.2, 0) is 0 Å². The molecular weight excluding hydrogens is 170 g/mol. The Labute approximate surface area is 76.4 Å². The summed E-state index contributed by atoms with van der Waals surface area (Å²) in [7, 11) is 0. The van der Waals surface area contributed by atoms with E-state index in [2.05, 4.69) is 15.8 Å². The molecule has 1 rings (SSSR count). The van der Waals surface area contributed by atoms with Gasteiger partial charge in [0.2, 0.25) is 5.91 Å².